The van der Waals surface area contributed by atoms with Crippen molar-refractivity contribution in [2.75, 3.05) is 13.1 Å². The fourth-order valence-electron chi connectivity index (χ4n) is 3.82. The smallest absolute Gasteiger partial charge is 0.263 e. The summed E-state index contributed by atoms with van der Waals surface area (Å²) in [4.78, 5) is 28.3. The second-order valence-corrected chi connectivity index (χ2v) is 9.31. The molecule has 1 fully saturated rings. The molecule has 0 aliphatic carbocycles. The summed E-state index contributed by atoms with van der Waals surface area (Å²) in [5.74, 6) is 0.0370. The standard InChI is InChI=1S/C24H23BrN2O2S/c25-20-10-8-18(9-11-20)22(17-5-2-1-3-6-17)26-23(28)19-12-14-27(15-13-19)24(29)21-7-4-16-30-21/h1-11,16,19,22H,12-15H2,(H,26,28). The van der Waals surface area contributed by atoms with E-state index in [1.807, 2.05) is 77.0 Å². The first-order chi connectivity index (χ1) is 14.6. The Morgan fingerprint density at radius 1 is 0.933 bits per heavy atom. The predicted molar refractivity (Wildman–Crippen MR) is 124 cm³/mol. The van der Waals surface area contributed by atoms with E-state index in [1.54, 1.807) is 0 Å². The van der Waals surface area contributed by atoms with Crippen LogP contribution in [-0.2, 0) is 4.79 Å². The van der Waals surface area contributed by atoms with Crippen LogP contribution >= 0.6 is 27.3 Å². The second-order valence-electron chi connectivity index (χ2n) is 7.45. The van der Waals surface area contributed by atoms with Gasteiger partial charge in [0.05, 0.1) is 10.9 Å². The van der Waals surface area contributed by atoms with Gasteiger partial charge in [0.1, 0.15) is 0 Å². The van der Waals surface area contributed by atoms with E-state index in [-0.39, 0.29) is 23.8 Å². The molecule has 4 rings (SSSR count). The van der Waals surface area contributed by atoms with Gasteiger partial charge in [0.15, 0.2) is 0 Å². The Morgan fingerprint density at radius 3 is 2.23 bits per heavy atom. The Morgan fingerprint density at radius 2 is 1.60 bits per heavy atom. The van der Waals surface area contributed by atoms with E-state index in [9.17, 15) is 9.59 Å². The van der Waals surface area contributed by atoms with Crippen LogP contribution in [0.3, 0.4) is 0 Å². The first kappa shape index (κ1) is 20.8. The van der Waals surface area contributed by atoms with Crippen molar-refractivity contribution in [2.24, 2.45) is 5.92 Å². The van der Waals surface area contributed by atoms with Crippen LogP contribution in [0.15, 0.2) is 76.6 Å². The third-order valence-corrected chi connectivity index (χ3v) is 6.89. The Kier molecular flexibility index (Phi) is 6.65. The highest BCUT2D eigenvalue weighted by atomic mass is 79.9. The maximum Gasteiger partial charge on any atom is 0.263 e. The number of carbonyl (C=O) groups is 2. The molecular weight excluding hydrogens is 460 g/mol. The third kappa shape index (κ3) is 4.82. The molecule has 1 N–H and O–H groups in total. The third-order valence-electron chi connectivity index (χ3n) is 5.51. The van der Waals surface area contributed by atoms with Crippen molar-refractivity contribution in [3.63, 3.8) is 0 Å². The normalized spacial score (nSPS) is 15.6. The molecule has 154 valence electrons. The van der Waals surface area contributed by atoms with Crippen molar-refractivity contribution >= 4 is 39.1 Å². The van der Waals surface area contributed by atoms with Gasteiger partial charge < -0.3 is 10.2 Å². The largest absolute Gasteiger partial charge is 0.345 e. The van der Waals surface area contributed by atoms with Gasteiger partial charge in [0.2, 0.25) is 5.91 Å². The molecule has 0 spiro atoms. The van der Waals surface area contributed by atoms with Crippen LogP contribution in [0.25, 0.3) is 0 Å². The van der Waals surface area contributed by atoms with Gasteiger partial charge in [0.25, 0.3) is 5.91 Å². The maximum atomic E-state index is 13.1. The highest BCUT2D eigenvalue weighted by Crippen LogP contribution is 2.26. The van der Waals surface area contributed by atoms with Gasteiger partial charge >= 0.3 is 0 Å². The lowest BCUT2D eigenvalue weighted by Crippen LogP contribution is -2.43. The van der Waals surface area contributed by atoms with Gasteiger partial charge in [-0.3, -0.25) is 9.59 Å². The first-order valence-electron chi connectivity index (χ1n) is 10.1. The minimum atomic E-state index is -0.197. The highest BCUT2D eigenvalue weighted by Gasteiger charge is 2.29. The molecule has 4 nitrogen and oxygen atoms in total. The zero-order chi connectivity index (χ0) is 20.9. The first-order valence-corrected chi connectivity index (χ1v) is 11.7. The molecule has 1 saturated heterocycles. The molecule has 0 radical (unpaired) electrons. The lowest BCUT2D eigenvalue weighted by Gasteiger charge is -2.32. The lowest BCUT2D eigenvalue weighted by atomic mass is 9.93. The van der Waals surface area contributed by atoms with Crippen molar-refractivity contribution in [1.29, 1.82) is 0 Å². The number of rotatable bonds is 5. The number of amides is 2. The van der Waals surface area contributed by atoms with E-state index in [0.717, 1.165) is 20.5 Å². The Balaban J connectivity index is 1.43. The summed E-state index contributed by atoms with van der Waals surface area (Å²) in [5.41, 5.74) is 2.10. The van der Waals surface area contributed by atoms with Crippen molar-refractivity contribution in [1.82, 2.24) is 10.2 Å². The molecule has 2 heterocycles. The van der Waals surface area contributed by atoms with Gasteiger partial charge in [-0.15, -0.1) is 11.3 Å². The molecule has 1 aliphatic rings. The molecule has 3 aromatic rings. The summed E-state index contributed by atoms with van der Waals surface area (Å²) >= 11 is 4.94. The number of nitrogens with one attached hydrogen (secondary N) is 1. The van der Waals surface area contributed by atoms with Gasteiger partial charge in [-0.2, -0.15) is 0 Å². The van der Waals surface area contributed by atoms with E-state index in [0.29, 0.717) is 25.9 Å². The summed E-state index contributed by atoms with van der Waals surface area (Å²) < 4.78 is 1.01. The van der Waals surface area contributed by atoms with Crippen LogP contribution in [0, 0.1) is 5.92 Å². The zero-order valence-electron chi connectivity index (χ0n) is 16.5. The van der Waals surface area contributed by atoms with E-state index in [4.69, 9.17) is 0 Å². The fourth-order valence-corrected chi connectivity index (χ4v) is 4.78. The second kappa shape index (κ2) is 9.58. The van der Waals surface area contributed by atoms with Crippen molar-refractivity contribution in [2.45, 2.75) is 18.9 Å². The van der Waals surface area contributed by atoms with Crippen molar-refractivity contribution < 1.29 is 9.59 Å². The van der Waals surface area contributed by atoms with E-state index >= 15 is 0 Å². The highest BCUT2D eigenvalue weighted by molar-refractivity contribution is 9.10. The molecular formula is C24H23BrN2O2S. The summed E-state index contributed by atoms with van der Waals surface area (Å²) in [6.07, 6.45) is 1.37. The topological polar surface area (TPSA) is 49.4 Å². The van der Waals surface area contributed by atoms with Gasteiger partial charge in [-0.1, -0.05) is 64.5 Å². The summed E-state index contributed by atoms with van der Waals surface area (Å²) in [6.45, 7) is 1.23. The van der Waals surface area contributed by atoms with Gasteiger partial charge in [-0.05, 0) is 47.5 Å². The van der Waals surface area contributed by atoms with Crippen LogP contribution in [0.4, 0.5) is 0 Å². The average molecular weight is 483 g/mol. The Labute approximate surface area is 189 Å². The van der Waals surface area contributed by atoms with Gasteiger partial charge in [0, 0.05) is 23.5 Å². The maximum absolute atomic E-state index is 13.1. The number of nitrogens with zero attached hydrogens (tertiary/aromatic N) is 1. The Bertz CT molecular complexity index is 982. The van der Waals surface area contributed by atoms with Crippen molar-refractivity contribution in [3.8, 4) is 0 Å². The monoisotopic (exact) mass is 482 g/mol. The fraction of sp³-hybridized carbons (Fsp3) is 0.250. The van der Waals surface area contributed by atoms with Crippen LogP contribution < -0.4 is 5.32 Å². The van der Waals surface area contributed by atoms with Crippen LogP contribution in [0.2, 0.25) is 0 Å². The van der Waals surface area contributed by atoms with Crippen LogP contribution in [0.5, 0.6) is 0 Å². The molecule has 0 saturated carbocycles. The zero-order valence-corrected chi connectivity index (χ0v) is 18.9. The summed E-state index contributed by atoms with van der Waals surface area (Å²) in [6, 6.07) is 21.6. The number of halogens is 1. The summed E-state index contributed by atoms with van der Waals surface area (Å²) in [7, 11) is 0. The number of benzene rings is 2. The molecule has 1 aliphatic heterocycles. The quantitative estimate of drug-likeness (QED) is 0.538. The minimum absolute atomic E-state index is 0.0509. The number of hydrogen-bond acceptors (Lipinski definition) is 3. The van der Waals surface area contributed by atoms with Crippen molar-refractivity contribution in [3.05, 3.63) is 92.6 Å². The molecule has 6 heteroatoms. The summed E-state index contributed by atoms with van der Waals surface area (Å²) in [5, 5.41) is 5.17. The van der Waals surface area contributed by atoms with E-state index < -0.39 is 0 Å². The predicted octanol–water partition coefficient (Wildman–Crippen LogP) is 5.27. The number of hydrogen-bond donors (Lipinski definition) is 1. The molecule has 2 amide bonds. The molecule has 2 aromatic carbocycles. The van der Waals surface area contributed by atoms with Crippen LogP contribution in [0.1, 0.15) is 39.7 Å². The minimum Gasteiger partial charge on any atom is -0.345 e. The lowest BCUT2D eigenvalue weighted by molar-refractivity contribution is -0.126. The molecule has 30 heavy (non-hydrogen) atoms. The SMILES string of the molecule is O=C(NC(c1ccccc1)c1ccc(Br)cc1)C1CCN(C(=O)c2cccs2)CC1. The average Bonchev–Trinajstić information content (AvgIpc) is 3.33. The molecule has 1 aromatic heterocycles. The van der Waals surface area contributed by atoms with E-state index in [1.165, 1.54) is 11.3 Å². The Hall–Kier alpha value is -2.44. The van der Waals surface area contributed by atoms with E-state index in [2.05, 4.69) is 21.2 Å². The molecule has 1 unspecified atom stereocenters. The molecule has 1 atom stereocenters. The van der Waals surface area contributed by atoms with Crippen LogP contribution in [-0.4, -0.2) is 29.8 Å². The number of thiophene rings is 1. The number of carbonyl (C=O) groups excluding carboxylic acids is 2. The number of piperidine rings is 1. The molecule has 0 bridgehead atoms. The van der Waals surface area contributed by atoms with Gasteiger partial charge in [-0.25, -0.2) is 0 Å². The number of likely N-dealkylation sites (tertiary alicyclic amines) is 1.